The zero-order valence-corrected chi connectivity index (χ0v) is 11.7. The number of rotatable bonds is 2. The molecule has 106 valence electrons. The van der Waals surface area contributed by atoms with Gasteiger partial charge in [0.1, 0.15) is 0 Å². The van der Waals surface area contributed by atoms with Gasteiger partial charge in [-0.25, -0.2) is 9.67 Å². The van der Waals surface area contributed by atoms with Crippen LogP contribution in [0.25, 0.3) is 28.0 Å². The molecule has 0 amide bonds. The first kappa shape index (κ1) is 12.6. The third-order valence-electron chi connectivity index (χ3n) is 3.63. The molecule has 4 aromatic rings. The van der Waals surface area contributed by atoms with Crippen molar-refractivity contribution in [1.82, 2.24) is 14.8 Å². The molecule has 0 saturated carbocycles. The van der Waals surface area contributed by atoms with Crippen LogP contribution in [-0.4, -0.2) is 14.8 Å². The lowest BCUT2D eigenvalue weighted by Crippen LogP contribution is -2.13. The van der Waals surface area contributed by atoms with E-state index in [4.69, 9.17) is 0 Å². The van der Waals surface area contributed by atoms with Crippen LogP contribution in [0, 0.1) is 0 Å². The molecule has 0 bridgehead atoms. The molecule has 2 aromatic heterocycles. The Kier molecular flexibility index (Phi) is 2.86. The van der Waals surface area contributed by atoms with Gasteiger partial charge in [-0.3, -0.25) is 9.89 Å². The molecule has 22 heavy (non-hydrogen) atoms. The van der Waals surface area contributed by atoms with E-state index in [0.29, 0.717) is 11.0 Å². The second-order valence-electron chi connectivity index (χ2n) is 5.05. The summed E-state index contributed by atoms with van der Waals surface area (Å²) in [5.74, 6) is 0. The molecule has 1 N–H and O–H groups in total. The number of nitrogens with zero attached hydrogens (tertiary/aromatic N) is 2. The van der Waals surface area contributed by atoms with Crippen molar-refractivity contribution in [2.45, 2.75) is 0 Å². The van der Waals surface area contributed by atoms with Gasteiger partial charge in [0.2, 0.25) is 0 Å². The molecule has 2 heterocycles. The van der Waals surface area contributed by atoms with Gasteiger partial charge >= 0.3 is 0 Å². The quantitative estimate of drug-likeness (QED) is 0.614. The topological polar surface area (TPSA) is 50.7 Å². The number of aromatic amines is 1. The molecule has 0 aliphatic rings. The summed E-state index contributed by atoms with van der Waals surface area (Å²) in [6.07, 6.45) is 0. The summed E-state index contributed by atoms with van der Waals surface area (Å²) >= 11 is 0. The van der Waals surface area contributed by atoms with Gasteiger partial charge in [0.25, 0.3) is 5.56 Å². The Morgan fingerprint density at radius 3 is 2.23 bits per heavy atom. The van der Waals surface area contributed by atoms with E-state index in [1.165, 1.54) is 4.68 Å². The molecule has 0 atom stereocenters. The lowest BCUT2D eigenvalue weighted by molar-refractivity contribution is 0.859. The molecule has 0 saturated heterocycles. The van der Waals surface area contributed by atoms with Crippen LogP contribution < -0.4 is 5.56 Å². The van der Waals surface area contributed by atoms with E-state index in [-0.39, 0.29) is 5.56 Å². The number of H-pyrrole nitrogens is 1. The van der Waals surface area contributed by atoms with Crippen LogP contribution in [0.1, 0.15) is 0 Å². The van der Waals surface area contributed by atoms with Gasteiger partial charge in [-0.1, -0.05) is 48.5 Å². The highest BCUT2D eigenvalue weighted by atomic mass is 16.1. The van der Waals surface area contributed by atoms with E-state index in [9.17, 15) is 4.79 Å². The lowest BCUT2D eigenvalue weighted by Gasteiger charge is -2.00. The predicted octanol–water partition coefficient (Wildman–Crippen LogP) is 3.38. The van der Waals surface area contributed by atoms with Crippen LogP contribution in [0.4, 0.5) is 0 Å². The van der Waals surface area contributed by atoms with Crippen LogP contribution >= 0.6 is 0 Å². The molecular formula is C18H13N3O. The van der Waals surface area contributed by atoms with E-state index >= 15 is 0 Å². The second-order valence-corrected chi connectivity index (χ2v) is 5.05. The molecule has 0 aliphatic carbocycles. The van der Waals surface area contributed by atoms with Gasteiger partial charge in [-0.15, -0.1) is 0 Å². The largest absolute Gasteiger partial charge is 0.280 e. The number of hydrogen-bond donors (Lipinski definition) is 1. The molecular weight excluding hydrogens is 274 g/mol. The third-order valence-corrected chi connectivity index (χ3v) is 3.63. The molecule has 0 spiro atoms. The van der Waals surface area contributed by atoms with Gasteiger partial charge in [-0.05, 0) is 24.3 Å². The van der Waals surface area contributed by atoms with Crippen LogP contribution in [0.15, 0.2) is 77.6 Å². The highest BCUT2D eigenvalue weighted by molar-refractivity contribution is 5.78. The Bertz CT molecular complexity index is 985. The molecule has 0 fully saturated rings. The maximum atomic E-state index is 12.5. The van der Waals surface area contributed by atoms with Gasteiger partial charge in [0.15, 0.2) is 5.65 Å². The molecule has 4 heteroatoms. The van der Waals surface area contributed by atoms with E-state index < -0.39 is 0 Å². The highest BCUT2D eigenvalue weighted by Gasteiger charge is 2.10. The first-order valence-electron chi connectivity index (χ1n) is 7.05. The molecule has 4 rings (SSSR count). The Morgan fingerprint density at radius 1 is 0.818 bits per heavy atom. The summed E-state index contributed by atoms with van der Waals surface area (Å²) in [6.45, 7) is 0. The summed E-state index contributed by atoms with van der Waals surface area (Å²) < 4.78 is 1.52. The second kappa shape index (κ2) is 5.00. The smallest absolute Gasteiger partial charge is 0.274 e. The average Bonchev–Trinajstić information content (AvgIpc) is 2.93. The summed E-state index contributed by atoms with van der Waals surface area (Å²) in [5.41, 5.74) is 3.17. The number of hydrogen-bond acceptors (Lipinski definition) is 2. The summed E-state index contributed by atoms with van der Waals surface area (Å²) in [6, 6.07) is 23.1. The van der Waals surface area contributed by atoms with Crippen molar-refractivity contribution in [2.75, 3.05) is 0 Å². The minimum atomic E-state index is -0.0895. The highest BCUT2D eigenvalue weighted by Crippen LogP contribution is 2.19. The van der Waals surface area contributed by atoms with Crippen molar-refractivity contribution in [3.05, 3.63) is 83.2 Å². The molecule has 0 unspecified atom stereocenters. The zero-order valence-electron chi connectivity index (χ0n) is 11.7. The van der Waals surface area contributed by atoms with Crippen LogP contribution in [-0.2, 0) is 0 Å². The molecule has 0 aliphatic heterocycles. The maximum absolute atomic E-state index is 12.5. The van der Waals surface area contributed by atoms with Crippen molar-refractivity contribution in [3.63, 3.8) is 0 Å². The van der Waals surface area contributed by atoms with Crippen molar-refractivity contribution in [2.24, 2.45) is 0 Å². The fourth-order valence-corrected chi connectivity index (χ4v) is 2.52. The van der Waals surface area contributed by atoms with Gasteiger partial charge in [-0.2, -0.15) is 0 Å². The number of pyridine rings is 1. The SMILES string of the molecule is O=c1c2ccc(-c3ccccc3)nc2[nH]n1-c1ccccc1. The van der Waals surface area contributed by atoms with Crippen molar-refractivity contribution in [1.29, 1.82) is 0 Å². The van der Waals surface area contributed by atoms with E-state index in [0.717, 1.165) is 16.9 Å². The fraction of sp³-hybridized carbons (Fsp3) is 0. The third kappa shape index (κ3) is 2.02. The zero-order chi connectivity index (χ0) is 14.9. The summed E-state index contributed by atoms with van der Waals surface area (Å²) in [7, 11) is 0. The number of aromatic nitrogens is 3. The number of fused-ring (bicyclic) bond motifs is 1. The van der Waals surface area contributed by atoms with Crippen LogP contribution in [0.3, 0.4) is 0 Å². The van der Waals surface area contributed by atoms with Gasteiger partial charge < -0.3 is 0 Å². The minimum Gasteiger partial charge on any atom is -0.274 e. The van der Waals surface area contributed by atoms with Gasteiger partial charge in [0.05, 0.1) is 16.8 Å². The van der Waals surface area contributed by atoms with Crippen molar-refractivity contribution in [3.8, 4) is 16.9 Å². The Balaban J connectivity index is 1.90. The van der Waals surface area contributed by atoms with E-state index in [1.54, 1.807) is 0 Å². The average molecular weight is 287 g/mol. The number of nitrogens with one attached hydrogen (secondary N) is 1. The first-order valence-corrected chi connectivity index (χ1v) is 7.05. The number of para-hydroxylation sites is 1. The monoisotopic (exact) mass is 287 g/mol. The number of benzene rings is 2. The Labute approximate surface area is 126 Å². The fourth-order valence-electron chi connectivity index (χ4n) is 2.52. The Hall–Kier alpha value is -3.14. The summed E-state index contributed by atoms with van der Waals surface area (Å²) in [4.78, 5) is 17.0. The van der Waals surface area contributed by atoms with Crippen molar-refractivity contribution < 1.29 is 0 Å². The normalized spacial score (nSPS) is 10.9. The lowest BCUT2D eigenvalue weighted by atomic mass is 10.1. The first-order chi connectivity index (χ1) is 10.8. The standard InChI is InChI=1S/C18H13N3O/c22-18-15-11-12-16(13-7-3-1-4-8-13)19-17(15)20-21(18)14-9-5-2-6-10-14/h1-12H,(H,19,20). The maximum Gasteiger partial charge on any atom is 0.280 e. The minimum absolute atomic E-state index is 0.0895. The van der Waals surface area contributed by atoms with Crippen LogP contribution in [0.5, 0.6) is 0 Å². The van der Waals surface area contributed by atoms with E-state index in [1.807, 2.05) is 72.8 Å². The Morgan fingerprint density at radius 2 is 1.50 bits per heavy atom. The van der Waals surface area contributed by atoms with Crippen molar-refractivity contribution >= 4 is 11.0 Å². The molecule has 0 radical (unpaired) electrons. The summed E-state index contributed by atoms with van der Waals surface area (Å²) in [5, 5.41) is 3.67. The predicted molar refractivity (Wildman–Crippen MR) is 87.1 cm³/mol. The molecule has 4 nitrogen and oxygen atoms in total. The van der Waals surface area contributed by atoms with E-state index in [2.05, 4.69) is 10.1 Å². The molecule has 2 aromatic carbocycles. The van der Waals surface area contributed by atoms with Gasteiger partial charge in [0, 0.05) is 5.56 Å². The van der Waals surface area contributed by atoms with Crippen LogP contribution in [0.2, 0.25) is 0 Å².